The Bertz CT molecular complexity index is 496. The van der Waals surface area contributed by atoms with E-state index < -0.39 is 10.0 Å². The molecule has 1 aromatic rings. The fourth-order valence-electron chi connectivity index (χ4n) is 1.90. The van der Waals surface area contributed by atoms with Crippen LogP contribution in [0.5, 0.6) is 0 Å². The first-order valence-electron chi connectivity index (χ1n) is 5.42. The van der Waals surface area contributed by atoms with Crippen molar-refractivity contribution in [3.63, 3.8) is 0 Å². The van der Waals surface area contributed by atoms with E-state index in [1.165, 1.54) is 4.31 Å². The maximum absolute atomic E-state index is 12.3. The molecule has 0 radical (unpaired) electrons. The molecule has 2 unspecified atom stereocenters. The van der Waals surface area contributed by atoms with E-state index in [9.17, 15) is 8.42 Å². The highest BCUT2D eigenvalue weighted by atomic mass is 79.9. The molecule has 4 nitrogen and oxygen atoms in total. The Balaban J connectivity index is 0.00000162. The number of hydrogen-bond acceptors (Lipinski definition) is 3. The lowest BCUT2D eigenvalue weighted by Gasteiger charge is -2.15. The first kappa shape index (κ1) is 15.9. The van der Waals surface area contributed by atoms with E-state index in [1.54, 1.807) is 24.3 Å². The topological polar surface area (TPSA) is 63.4 Å². The smallest absolute Gasteiger partial charge is 0.243 e. The quantitative estimate of drug-likeness (QED) is 0.880. The van der Waals surface area contributed by atoms with Crippen LogP contribution in [0.1, 0.15) is 6.92 Å². The second-order valence-corrected chi connectivity index (χ2v) is 7.27. The molecule has 1 aromatic carbocycles. The molecule has 102 valence electrons. The number of hydrogen-bond donors (Lipinski definition) is 1. The average Bonchev–Trinajstić information content (AvgIpc) is 2.60. The highest BCUT2D eigenvalue weighted by Crippen LogP contribution is 2.24. The summed E-state index contributed by atoms with van der Waals surface area (Å²) in [6.45, 7) is 2.88. The molecule has 1 fully saturated rings. The zero-order valence-corrected chi connectivity index (χ0v) is 13.1. The lowest BCUT2D eigenvalue weighted by atomic mass is 10.1. The van der Waals surface area contributed by atoms with Crippen LogP contribution in [0.25, 0.3) is 0 Å². The van der Waals surface area contributed by atoms with Crippen LogP contribution in [0.4, 0.5) is 0 Å². The van der Waals surface area contributed by atoms with Gasteiger partial charge in [-0.2, -0.15) is 4.31 Å². The normalized spacial score (nSPS) is 24.8. The summed E-state index contributed by atoms with van der Waals surface area (Å²) < 4.78 is 26.9. The summed E-state index contributed by atoms with van der Waals surface area (Å²) in [5.41, 5.74) is 5.85. The third-order valence-electron chi connectivity index (χ3n) is 3.09. The summed E-state index contributed by atoms with van der Waals surface area (Å²) in [4.78, 5) is 0.321. The third kappa shape index (κ3) is 3.05. The summed E-state index contributed by atoms with van der Waals surface area (Å²) in [6, 6.07) is 6.60. The number of nitrogens with two attached hydrogens (primary N) is 1. The Morgan fingerprint density at radius 3 is 2.28 bits per heavy atom. The van der Waals surface area contributed by atoms with Gasteiger partial charge in [-0.3, -0.25) is 0 Å². The molecule has 1 saturated heterocycles. The minimum Gasteiger partial charge on any atom is -0.326 e. The van der Waals surface area contributed by atoms with Crippen molar-refractivity contribution in [2.75, 3.05) is 13.1 Å². The van der Waals surface area contributed by atoms with Gasteiger partial charge < -0.3 is 5.73 Å². The molecule has 2 rings (SSSR count). The number of nitrogens with zero attached hydrogens (tertiary/aromatic N) is 1. The molecule has 0 saturated carbocycles. The van der Waals surface area contributed by atoms with Gasteiger partial charge in [-0.15, -0.1) is 12.4 Å². The fourth-order valence-corrected chi connectivity index (χ4v) is 3.74. The molecule has 18 heavy (non-hydrogen) atoms. The van der Waals surface area contributed by atoms with Crippen LogP contribution in [0.3, 0.4) is 0 Å². The third-order valence-corrected chi connectivity index (χ3v) is 5.46. The lowest BCUT2D eigenvalue weighted by Crippen LogP contribution is -2.32. The Hall–Kier alpha value is -0.140. The van der Waals surface area contributed by atoms with Crippen molar-refractivity contribution in [3.8, 4) is 0 Å². The summed E-state index contributed by atoms with van der Waals surface area (Å²) in [6.07, 6.45) is 0. The van der Waals surface area contributed by atoms with Gasteiger partial charge >= 0.3 is 0 Å². The molecule has 0 spiro atoms. The maximum atomic E-state index is 12.3. The first-order chi connectivity index (χ1) is 7.91. The number of rotatable bonds is 2. The van der Waals surface area contributed by atoms with Crippen molar-refractivity contribution in [1.29, 1.82) is 0 Å². The van der Waals surface area contributed by atoms with Gasteiger partial charge in [-0.25, -0.2) is 8.42 Å². The standard InChI is InChI=1S/C11H15BrN2O2S.ClH/c1-8-6-14(7-11(8)13)17(15,16)10-4-2-9(12)3-5-10;/h2-5,8,11H,6-7,13H2,1H3;1H. The zero-order chi connectivity index (χ0) is 12.6. The molecular weight excluding hydrogens is 340 g/mol. The van der Waals surface area contributed by atoms with E-state index in [-0.39, 0.29) is 24.4 Å². The molecule has 1 heterocycles. The van der Waals surface area contributed by atoms with E-state index in [0.717, 1.165) is 4.47 Å². The van der Waals surface area contributed by atoms with Gasteiger partial charge in [0.2, 0.25) is 10.0 Å². The Morgan fingerprint density at radius 2 is 1.83 bits per heavy atom. The molecule has 1 aliphatic rings. The monoisotopic (exact) mass is 354 g/mol. The average molecular weight is 356 g/mol. The predicted molar refractivity (Wildman–Crippen MR) is 77.3 cm³/mol. The minimum absolute atomic E-state index is 0. The molecule has 7 heteroatoms. The predicted octanol–water partition coefficient (Wildman–Crippen LogP) is 1.84. The Labute approximate surface area is 122 Å². The molecular formula is C11H16BrClN2O2S. The van der Waals surface area contributed by atoms with Gasteiger partial charge in [0.25, 0.3) is 0 Å². The van der Waals surface area contributed by atoms with Crippen LogP contribution in [0.15, 0.2) is 33.6 Å². The van der Waals surface area contributed by atoms with Gasteiger partial charge in [-0.05, 0) is 30.2 Å². The highest BCUT2D eigenvalue weighted by Gasteiger charge is 2.35. The van der Waals surface area contributed by atoms with E-state index >= 15 is 0 Å². The second kappa shape index (κ2) is 5.88. The van der Waals surface area contributed by atoms with Crippen LogP contribution in [-0.2, 0) is 10.0 Å². The number of benzene rings is 1. The molecule has 0 aliphatic carbocycles. The molecule has 0 bridgehead atoms. The van der Waals surface area contributed by atoms with Crippen LogP contribution >= 0.6 is 28.3 Å². The fraction of sp³-hybridized carbons (Fsp3) is 0.455. The van der Waals surface area contributed by atoms with Crippen molar-refractivity contribution in [3.05, 3.63) is 28.7 Å². The van der Waals surface area contributed by atoms with Crippen molar-refractivity contribution in [1.82, 2.24) is 4.31 Å². The summed E-state index contributed by atoms with van der Waals surface area (Å²) in [5.74, 6) is 0.209. The molecule has 0 amide bonds. The van der Waals surface area contributed by atoms with Crippen molar-refractivity contribution >= 4 is 38.4 Å². The summed E-state index contributed by atoms with van der Waals surface area (Å²) in [5, 5.41) is 0. The molecule has 1 aliphatic heterocycles. The van der Waals surface area contributed by atoms with Crippen LogP contribution in [-0.4, -0.2) is 31.9 Å². The van der Waals surface area contributed by atoms with Crippen molar-refractivity contribution in [2.24, 2.45) is 11.7 Å². The Morgan fingerprint density at radius 1 is 1.28 bits per heavy atom. The minimum atomic E-state index is -3.39. The largest absolute Gasteiger partial charge is 0.326 e. The van der Waals surface area contributed by atoms with Gasteiger partial charge in [0, 0.05) is 23.6 Å². The molecule has 2 N–H and O–H groups in total. The van der Waals surface area contributed by atoms with Crippen LogP contribution in [0, 0.1) is 5.92 Å². The Kier molecular flexibility index (Phi) is 5.20. The second-order valence-electron chi connectivity index (χ2n) is 4.42. The lowest BCUT2D eigenvalue weighted by molar-refractivity contribution is 0.464. The highest BCUT2D eigenvalue weighted by molar-refractivity contribution is 9.10. The summed E-state index contributed by atoms with van der Waals surface area (Å²) >= 11 is 3.29. The maximum Gasteiger partial charge on any atom is 0.243 e. The van der Waals surface area contributed by atoms with Gasteiger partial charge in [-0.1, -0.05) is 22.9 Å². The van der Waals surface area contributed by atoms with E-state index in [4.69, 9.17) is 5.73 Å². The SMILES string of the molecule is CC1CN(S(=O)(=O)c2ccc(Br)cc2)CC1N.Cl. The molecule has 2 atom stereocenters. The zero-order valence-electron chi connectivity index (χ0n) is 9.91. The van der Waals surface area contributed by atoms with Crippen LogP contribution < -0.4 is 5.73 Å². The van der Waals surface area contributed by atoms with Gasteiger partial charge in [0.05, 0.1) is 4.90 Å². The van der Waals surface area contributed by atoms with E-state index in [1.807, 2.05) is 6.92 Å². The number of halogens is 2. The van der Waals surface area contributed by atoms with Crippen molar-refractivity contribution < 1.29 is 8.42 Å². The molecule has 0 aromatic heterocycles. The first-order valence-corrected chi connectivity index (χ1v) is 7.66. The van der Waals surface area contributed by atoms with E-state index in [2.05, 4.69) is 15.9 Å². The van der Waals surface area contributed by atoms with E-state index in [0.29, 0.717) is 18.0 Å². The van der Waals surface area contributed by atoms with Crippen LogP contribution in [0.2, 0.25) is 0 Å². The number of sulfonamides is 1. The van der Waals surface area contributed by atoms with Crippen molar-refractivity contribution in [2.45, 2.75) is 17.9 Å². The van der Waals surface area contributed by atoms with Gasteiger partial charge in [0.15, 0.2) is 0 Å². The summed E-state index contributed by atoms with van der Waals surface area (Å²) in [7, 11) is -3.39. The van der Waals surface area contributed by atoms with Gasteiger partial charge in [0.1, 0.15) is 0 Å².